The fraction of sp³-hybridized carbons (Fsp3) is 0.318. The topological polar surface area (TPSA) is 69.0 Å². The number of aromatic nitrogens is 3. The van der Waals surface area contributed by atoms with E-state index in [1.54, 1.807) is 25.3 Å². The number of anilines is 1. The van der Waals surface area contributed by atoms with Gasteiger partial charge in [-0.2, -0.15) is 0 Å². The van der Waals surface area contributed by atoms with E-state index in [0.29, 0.717) is 20.9 Å². The first kappa shape index (κ1) is 23.4. The lowest BCUT2D eigenvalue weighted by Gasteiger charge is -2.09. The Morgan fingerprint density at radius 2 is 1.97 bits per heavy atom. The fourth-order valence-electron chi connectivity index (χ4n) is 3.11. The van der Waals surface area contributed by atoms with Crippen molar-refractivity contribution in [1.82, 2.24) is 14.8 Å². The number of amides is 1. The van der Waals surface area contributed by atoms with E-state index in [1.807, 2.05) is 23.7 Å². The molecule has 2 aromatic carbocycles. The number of carbonyl (C=O) groups is 1. The smallest absolute Gasteiger partial charge is 0.234 e. The number of benzene rings is 2. The van der Waals surface area contributed by atoms with Crippen LogP contribution in [0.4, 0.5) is 5.69 Å². The van der Waals surface area contributed by atoms with Gasteiger partial charge in [0.1, 0.15) is 11.6 Å². The Kier molecular flexibility index (Phi) is 8.23. The molecule has 1 heterocycles. The maximum absolute atomic E-state index is 12.3. The van der Waals surface area contributed by atoms with Gasteiger partial charge in [-0.3, -0.25) is 4.79 Å². The SMILES string of the molecule is COc1ccc(CCCc2nnc(SCC(=O)Nc3cc(Cl)ccc3Cl)n2C)c(C)c1. The van der Waals surface area contributed by atoms with Crippen LogP contribution in [0.25, 0.3) is 0 Å². The zero-order valence-corrected chi connectivity index (χ0v) is 19.9. The van der Waals surface area contributed by atoms with Gasteiger partial charge in [0.25, 0.3) is 0 Å². The average Bonchev–Trinajstić information content (AvgIpc) is 3.10. The highest BCUT2D eigenvalue weighted by atomic mass is 35.5. The maximum Gasteiger partial charge on any atom is 0.234 e. The quantitative estimate of drug-likeness (QED) is 0.420. The van der Waals surface area contributed by atoms with E-state index in [1.165, 1.54) is 22.9 Å². The minimum absolute atomic E-state index is 0.186. The van der Waals surface area contributed by atoms with Crippen molar-refractivity contribution < 1.29 is 9.53 Å². The van der Waals surface area contributed by atoms with Gasteiger partial charge in [-0.15, -0.1) is 10.2 Å². The molecule has 0 bridgehead atoms. The number of thioether (sulfide) groups is 1. The molecule has 3 rings (SSSR count). The monoisotopic (exact) mass is 478 g/mol. The number of hydrogen-bond acceptors (Lipinski definition) is 5. The molecule has 1 N–H and O–H groups in total. The van der Waals surface area contributed by atoms with Crippen LogP contribution in [0.2, 0.25) is 10.0 Å². The Morgan fingerprint density at radius 1 is 1.16 bits per heavy atom. The predicted octanol–water partition coefficient (Wildman–Crippen LogP) is 5.35. The highest BCUT2D eigenvalue weighted by Gasteiger charge is 2.13. The van der Waals surface area contributed by atoms with Gasteiger partial charge in [-0.25, -0.2) is 0 Å². The average molecular weight is 479 g/mol. The summed E-state index contributed by atoms with van der Waals surface area (Å²) in [4.78, 5) is 12.3. The van der Waals surface area contributed by atoms with Gasteiger partial charge in [0.2, 0.25) is 5.91 Å². The number of aryl methyl sites for hydroxylation is 3. The molecule has 3 aromatic rings. The van der Waals surface area contributed by atoms with Crippen LogP contribution < -0.4 is 10.1 Å². The van der Waals surface area contributed by atoms with Crippen LogP contribution in [0.3, 0.4) is 0 Å². The summed E-state index contributed by atoms with van der Waals surface area (Å²) >= 11 is 13.4. The molecule has 0 aliphatic heterocycles. The standard InChI is InChI=1S/C22H24Cl2N4O2S/c1-14-11-17(30-3)9-7-15(14)5-4-6-20-26-27-22(28(20)2)31-13-21(29)25-19-12-16(23)8-10-18(19)24/h7-12H,4-6,13H2,1-3H3,(H,25,29). The molecule has 0 spiro atoms. The molecule has 0 aliphatic rings. The molecular weight excluding hydrogens is 455 g/mol. The van der Waals surface area contributed by atoms with Gasteiger partial charge in [-0.05, 0) is 61.2 Å². The molecule has 6 nitrogen and oxygen atoms in total. The number of methoxy groups -OCH3 is 1. The van der Waals surface area contributed by atoms with Crippen molar-refractivity contribution in [3.8, 4) is 5.75 Å². The zero-order valence-electron chi connectivity index (χ0n) is 17.6. The Balaban J connectivity index is 1.50. The van der Waals surface area contributed by atoms with Crippen molar-refractivity contribution >= 4 is 46.6 Å². The lowest BCUT2D eigenvalue weighted by Crippen LogP contribution is -2.14. The number of rotatable bonds is 9. The number of nitrogens with zero attached hydrogens (tertiary/aromatic N) is 3. The molecule has 0 atom stereocenters. The Morgan fingerprint density at radius 3 is 2.71 bits per heavy atom. The third-order valence-electron chi connectivity index (χ3n) is 4.86. The highest BCUT2D eigenvalue weighted by molar-refractivity contribution is 7.99. The first-order valence-corrected chi connectivity index (χ1v) is 11.5. The van der Waals surface area contributed by atoms with Crippen molar-refractivity contribution in [3.63, 3.8) is 0 Å². The van der Waals surface area contributed by atoms with Gasteiger partial charge in [-0.1, -0.05) is 41.0 Å². The normalized spacial score (nSPS) is 10.9. The number of hydrogen-bond donors (Lipinski definition) is 1. The lowest BCUT2D eigenvalue weighted by atomic mass is 10.0. The molecule has 31 heavy (non-hydrogen) atoms. The van der Waals surface area contributed by atoms with Crippen LogP contribution in [-0.4, -0.2) is 33.5 Å². The van der Waals surface area contributed by atoms with E-state index in [9.17, 15) is 4.79 Å². The molecule has 0 radical (unpaired) electrons. The van der Waals surface area contributed by atoms with Gasteiger partial charge < -0.3 is 14.6 Å². The highest BCUT2D eigenvalue weighted by Crippen LogP contribution is 2.26. The Labute approximate surface area is 196 Å². The second kappa shape index (κ2) is 10.9. The molecule has 9 heteroatoms. The molecule has 0 aliphatic carbocycles. The first-order chi connectivity index (χ1) is 14.9. The fourth-order valence-corrected chi connectivity index (χ4v) is 4.18. The maximum atomic E-state index is 12.3. The third kappa shape index (κ3) is 6.38. The van der Waals surface area contributed by atoms with Gasteiger partial charge in [0, 0.05) is 18.5 Å². The van der Waals surface area contributed by atoms with Crippen LogP contribution in [-0.2, 0) is 24.7 Å². The summed E-state index contributed by atoms with van der Waals surface area (Å²) in [5.74, 6) is 1.78. The van der Waals surface area contributed by atoms with Gasteiger partial charge in [0.15, 0.2) is 5.16 Å². The Bertz CT molecular complexity index is 1070. The van der Waals surface area contributed by atoms with E-state index in [4.69, 9.17) is 27.9 Å². The molecule has 0 unspecified atom stereocenters. The largest absolute Gasteiger partial charge is 0.497 e. The van der Waals surface area contributed by atoms with Crippen molar-refractivity contribution in [2.75, 3.05) is 18.2 Å². The number of carbonyl (C=O) groups excluding carboxylic acids is 1. The molecule has 0 saturated carbocycles. The van der Waals surface area contributed by atoms with E-state index >= 15 is 0 Å². The first-order valence-electron chi connectivity index (χ1n) is 9.77. The number of halogens is 2. The lowest BCUT2D eigenvalue weighted by molar-refractivity contribution is -0.113. The van der Waals surface area contributed by atoms with Crippen molar-refractivity contribution in [2.45, 2.75) is 31.3 Å². The zero-order chi connectivity index (χ0) is 22.4. The third-order valence-corrected chi connectivity index (χ3v) is 6.44. The summed E-state index contributed by atoms with van der Waals surface area (Å²) in [5.41, 5.74) is 3.01. The van der Waals surface area contributed by atoms with E-state index in [-0.39, 0.29) is 11.7 Å². The minimum atomic E-state index is -0.186. The molecule has 1 aromatic heterocycles. The predicted molar refractivity (Wildman–Crippen MR) is 127 cm³/mol. The minimum Gasteiger partial charge on any atom is -0.497 e. The van der Waals surface area contributed by atoms with Crippen LogP contribution in [0.5, 0.6) is 5.75 Å². The van der Waals surface area contributed by atoms with Crippen molar-refractivity contribution in [3.05, 3.63) is 63.4 Å². The number of ether oxygens (including phenoxy) is 1. The van der Waals surface area contributed by atoms with Crippen LogP contribution in [0, 0.1) is 6.92 Å². The second-order valence-electron chi connectivity index (χ2n) is 7.06. The summed E-state index contributed by atoms with van der Waals surface area (Å²) in [5, 5.41) is 12.9. The van der Waals surface area contributed by atoms with Crippen molar-refractivity contribution in [2.24, 2.45) is 7.05 Å². The summed E-state index contributed by atoms with van der Waals surface area (Å²) in [7, 11) is 3.59. The van der Waals surface area contributed by atoms with Crippen LogP contribution >= 0.6 is 35.0 Å². The van der Waals surface area contributed by atoms with E-state index in [2.05, 4.69) is 28.5 Å². The van der Waals surface area contributed by atoms with Gasteiger partial charge in [0.05, 0.1) is 23.6 Å². The number of nitrogens with one attached hydrogen (secondary N) is 1. The molecular formula is C22H24Cl2N4O2S. The van der Waals surface area contributed by atoms with Crippen molar-refractivity contribution in [1.29, 1.82) is 0 Å². The molecule has 1 amide bonds. The summed E-state index contributed by atoms with van der Waals surface area (Å²) in [6.07, 6.45) is 2.71. The Hall–Kier alpha value is -2.22. The molecule has 164 valence electrons. The van der Waals surface area contributed by atoms with Crippen LogP contribution in [0.15, 0.2) is 41.6 Å². The van der Waals surface area contributed by atoms with Crippen LogP contribution in [0.1, 0.15) is 23.4 Å². The molecule has 0 saturated heterocycles. The van der Waals surface area contributed by atoms with E-state index < -0.39 is 0 Å². The van der Waals surface area contributed by atoms with E-state index in [0.717, 1.165) is 30.8 Å². The van der Waals surface area contributed by atoms with Gasteiger partial charge >= 0.3 is 0 Å². The summed E-state index contributed by atoms with van der Waals surface area (Å²) in [6.45, 7) is 2.09. The summed E-state index contributed by atoms with van der Waals surface area (Å²) < 4.78 is 7.20. The molecule has 0 fully saturated rings. The summed E-state index contributed by atoms with van der Waals surface area (Å²) in [6, 6.07) is 11.1. The second-order valence-corrected chi connectivity index (χ2v) is 8.85.